The second-order valence-electron chi connectivity index (χ2n) is 6.12. The van der Waals surface area contributed by atoms with Crippen molar-refractivity contribution in [1.82, 2.24) is 19.6 Å². The van der Waals surface area contributed by atoms with Gasteiger partial charge < -0.3 is 10.1 Å². The maximum absolute atomic E-state index is 5.11. The number of fused-ring (bicyclic) bond motifs is 1. The number of benzene rings is 1. The first-order chi connectivity index (χ1) is 12.7. The van der Waals surface area contributed by atoms with Gasteiger partial charge in [0.05, 0.1) is 13.3 Å². The van der Waals surface area contributed by atoms with Crippen LogP contribution in [0.25, 0.3) is 5.65 Å². The van der Waals surface area contributed by atoms with Gasteiger partial charge in [0.1, 0.15) is 5.82 Å². The van der Waals surface area contributed by atoms with Crippen LogP contribution in [0.2, 0.25) is 0 Å². The summed E-state index contributed by atoms with van der Waals surface area (Å²) >= 11 is 0. The maximum atomic E-state index is 5.11. The number of pyridine rings is 1. The molecule has 4 rings (SSSR count). The molecule has 26 heavy (non-hydrogen) atoms. The van der Waals surface area contributed by atoms with Gasteiger partial charge in [-0.2, -0.15) is 9.61 Å². The van der Waals surface area contributed by atoms with Crippen LogP contribution in [0.1, 0.15) is 16.7 Å². The highest BCUT2D eigenvalue weighted by Gasteiger charge is 2.10. The molecular formula is C20H19N5O. The second kappa shape index (κ2) is 6.84. The van der Waals surface area contributed by atoms with E-state index < -0.39 is 0 Å². The molecule has 0 amide bonds. The number of anilines is 2. The van der Waals surface area contributed by atoms with Crippen LogP contribution in [0.5, 0.6) is 5.88 Å². The molecular weight excluding hydrogens is 326 g/mol. The van der Waals surface area contributed by atoms with Crippen molar-refractivity contribution < 1.29 is 4.74 Å². The molecule has 0 atom stereocenters. The quantitative estimate of drug-likeness (QED) is 0.596. The molecule has 0 spiro atoms. The van der Waals surface area contributed by atoms with Crippen molar-refractivity contribution in [3.8, 4) is 5.88 Å². The largest absolute Gasteiger partial charge is 0.481 e. The highest BCUT2D eigenvalue weighted by atomic mass is 16.5. The summed E-state index contributed by atoms with van der Waals surface area (Å²) in [6.45, 7) is 2.07. The van der Waals surface area contributed by atoms with E-state index >= 15 is 0 Å². The number of nitrogens with one attached hydrogen (secondary N) is 1. The van der Waals surface area contributed by atoms with Crippen molar-refractivity contribution in [2.45, 2.75) is 13.3 Å². The molecule has 0 aliphatic heterocycles. The van der Waals surface area contributed by atoms with Crippen molar-refractivity contribution in [2.24, 2.45) is 0 Å². The molecule has 0 radical (unpaired) electrons. The zero-order valence-corrected chi connectivity index (χ0v) is 14.7. The Labute approximate surface area is 151 Å². The molecule has 130 valence electrons. The number of nitrogens with zero attached hydrogens (tertiary/aromatic N) is 4. The van der Waals surface area contributed by atoms with Gasteiger partial charge in [0.2, 0.25) is 5.88 Å². The Morgan fingerprint density at radius 2 is 2.00 bits per heavy atom. The van der Waals surface area contributed by atoms with Gasteiger partial charge in [0, 0.05) is 36.1 Å². The first kappa shape index (κ1) is 16.1. The summed E-state index contributed by atoms with van der Waals surface area (Å²) in [5.41, 5.74) is 5.19. The average molecular weight is 345 g/mol. The average Bonchev–Trinajstić information content (AvgIpc) is 3.06. The van der Waals surface area contributed by atoms with Crippen molar-refractivity contribution >= 4 is 17.2 Å². The summed E-state index contributed by atoms with van der Waals surface area (Å²) in [5.74, 6) is 1.48. The second-order valence-corrected chi connectivity index (χ2v) is 6.12. The molecule has 6 nitrogen and oxygen atoms in total. The molecule has 0 unspecified atom stereocenters. The summed E-state index contributed by atoms with van der Waals surface area (Å²) in [5, 5.41) is 7.93. The number of hydrogen-bond donors (Lipinski definition) is 1. The number of rotatable bonds is 5. The number of methoxy groups -OCH3 is 1. The number of aryl methyl sites for hydroxylation is 1. The van der Waals surface area contributed by atoms with E-state index in [-0.39, 0.29) is 0 Å². The van der Waals surface area contributed by atoms with Gasteiger partial charge in [-0.05, 0) is 36.2 Å². The van der Waals surface area contributed by atoms with Gasteiger partial charge in [-0.25, -0.2) is 9.97 Å². The van der Waals surface area contributed by atoms with Crippen LogP contribution in [-0.2, 0) is 6.42 Å². The molecule has 0 bridgehead atoms. The number of hydrogen-bond acceptors (Lipinski definition) is 5. The molecule has 6 heteroatoms. The van der Waals surface area contributed by atoms with Gasteiger partial charge in [0.15, 0.2) is 5.65 Å². The van der Waals surface area contributed by atoms with E-state index in [4.69, 9.17) is 4.74 Å². The Hall–Kier alpha value is -3.41. The Morgan fingerprint density at radius 1 is 1.08 bits per heavy atom. The fraction of sp³-hybridized carbons (Fsp3) is 0.150. The zero-order chi connectivity index (χ0) is 17.9. The Kier molecular flexibility index (Phi) is 4.23. The molecule has 4 aromatic rings. The lowest BCUT2D eigenvalue weighted by Crippen LogP contribution is -2.01. The predicted octanol–water partition coefficient (Wildman–Crippen LogP) is 3.78. The smallest absolute Gasteiger partial charge is 0.212 e. The number of ether oxygens (including phenoxy) is 1. The van der Waals surface area contributed by atoms with Crippen LogP contribution in [0.15, 0.2) is 61.1 Å². The molecule has 1 aromatic carbocycles. The lowest BCUT2D eigenvalue weighted by atomic mass is 10.1. The minimum atomic E-state index is 0.608. The van der Waals surface area contributed by atoms with E-state index in [0.717, 1.165) is 28.3 Å². The minimum Gasteiger partial charge on any atom is -0.481 e. The molecule has 1 N–H and O–H groups in total. The Balaban J connectivity index is 1.63. The molecule has 0 fully saturated rings. The standard InChI is InChI=1S/C20H19N5O/c1-14-4-3-5-17(10-14)24-18-8-9-21-20-16(13-23-25(18)20)11-15-6-7-19(26-2)22-12-15/h3-10,12-13,24H,11H2,1-2H3. The van der Waals surface area contributed by atoms with Gasteiger partial charge >= 0.3 is 0 Å². The summed E-state index contributed by atoms with van der Waals surface area (Å²) in [7, 11) is 1.61. The van der Waals surface area contributed by atoms with Crippen molar-refractivity contribution in [3.63, 3.8) is 0 Å². The third kappa shape index (κ3) is 3.21. The van der Waals surface area contributed by atoms with E-state index in [9.17, 15) is 0 Å². The lowest BCUT2D eigenvalue weighted by molar-refractivity contribution is 0.397. The number of aromatic nitrogens is 4. The molecule has 0 aliphatic carbocycles. The van der Waals surface area contributed by atoms with Crippen LogP contribution in [0.4, 0.5) is 11.5 Å². The maximum Gasteiger partial charge on any atom is 0.212 e. The Bertz CT molecular complexity index is 1040. The molecule has 3 heterocycles. The van der Waals surface area contributed by atoms with Crippen LogP contribution < -0.4 is 10.1 Å². The van der Waals surface area contributed by atoms with E-state index in [2.05, 4.69) is 39.4 Å². The highest BCUT2D eigenvalue weighted by molar-refractivity contribution is 5.61. The normalized spacial score (nSPS) is 10.8. The van der Waals surface area contributed by atoms with Crippen LogP contribution in [-0.4, -0.2) is 26.7 Å². The molecule has 3 aromatic heterocycles. The van der Waals surface area contributed by atoms with Gasteiger partial charge in [0.25, 0.3) is 0 Å². The fourth-order valence-corrected chi connectivity index (χ4v) is 2.89. The molecule has 0 aliphatic rings. The van der Waals surface area contributed by atoms with Gasteiger partial charge in [-0.15, -0.1) is 0 Å². The predicted molar refractivity (Wildman–Crippen MR) is 101 cm³/mol. The lowest BCUT2D eigenvalue weighted by Gasteiger charge is -2.09. The van der Waals surface area contributed by atoms with Crippen LogP contribution >= 0.6 is 0 Å². The van der Waals surface area contributed by atoms with Crippen LogP contribution in [0, 0.1) is 6.92 Å². The van der Waals surface area contributed by atoms with Gasteiger partial charge in [-0.1, -0.05) is 18.2 Å². The van der Waals surface area contributed by atoms with Gasteiger partial charge in [-0.3, -0.25) is 0 Å². The van der Waals surface area contributed by atoms with Crippen molar-refractivity contribution in [1.29, 1.82) is 0 Å². The SMILES string of the molecule is COc1ccc(Cc2cnn3c(Nc4cccc(C)c4)ccnc23)cn1. The minimum absolute atomic E-state index is 0.608. The summed E-state index contributed by atoms with van der Waals surface area (Å²) in [6.07, 6.45) is 6.18. The van der Waals surface area contributed by atoms with E-state index in [1.165, 1.54) is 5.56 Å². The third-order valence-corrected chi connectivity index (χ3v) is 4.17. The molecule has 0 saturated heterocycles. The molecule has 0 saturated carbocycles. The van der Waals surface area contributed by atoms with E-state index in [0.29, 0.717) is 12.3 Å². The summed E-state index contributed by atoms with van der Waals surface area (Å²) in [6, 6.07) is 14.0. The first-order valence-corrected chi connectivity index (χ1v) is 8.37. The van der Waals surface area contributed by atoms with Crippen molar-refractivity contribution in [2.75, 3.05) is 12.4 Å². The van der Waals surface area contributed by atoms with E-state index in [1.54, 1.807) is 13.3 Å². The van der Waals surface area contributed by atoms with Crippen molar-refractivity contribution in [3.05, 3.63) is 77.7 Å². The summed E-state index contributed by atoms with van der Waals surface area (Å²) < 4.78 is 6.94. The van der Waals surface area contributed by atoms with Crippen LogP contribution in [0.3, 0.4) is 0 Å². The first-order valence-electron chi connectivity index (χ1n) is 8.37. The highest BCUT2D eigenvalue weighted by Crippen LogP contribution is 2.21. The zero-order valence-electron chi connectivity index (χ0n) is 14.7. The monoisotopic (exact) mass is 345 g/mol. The topological polar surface area (TPSA) is 64.3 Å². The van der Waals surface area contributed by atoms with E-state index in [1.807, 2.05) is 47.2 Å². The fourth-order valence-electron chi connectivity index (χ4n) is 2.89. The summed E-state index contributed by atoms with van der Waals surface area (Å²) in [4.78, 5) is 8.76. The third-order valence-electron chi connectivity index (χ3n) is 4.17. The Morgan fingerprint density at radius 3 is 2.77 bits per heavy atom.